The first kappa shape index (κ1) is 48.5. The summed E-state index contributed by atoms with van der Waals surface area (Å²) in [5.41, 5.74) is 0.160. The van der Waals surface area contributed by atoms with Gasteiger partial charge in [-0.15, -0.1) is 0 Å². The van der Waals surface area contributed by atoms with Gasteiger partial charge >= 0.3 is 11.9 Å². The lowest BCUT2D eigenvalue weighted by molar-refractivity contribution is -0.215. The zero-order valence-corrected chi connectivity index (χ0v) is 39.4. The predicted molar refractivity (Wildman–Crippen MR) is 233 cm³/mol. The molecule has 22 atom stereocenters. The van der Waals surface area contributed by atoms with Gasteiger partial charge in [-0.1, -0.05) is 41.5 Å². The van der Waals surface area contributed by atoms with Crippen LogP contribution in [0.4, 0.5) is 8.78 Å². The molecule has 8 rings (SSSR count). The minimum Gasteiger partial charge on any atom is -0.481 e. The molecule has 0 bridgehead atoms. The van der Waals surface area contributed by atoms with Crippen molar-refractivity contribution in [3.05, 3.63) is 0 Å². The van der Waals surface area contributed by atoms with Crippen molar-refractivity contribution in [3.8, 4) is 0 Å². The molecule has 0 radical (unpaired) electrons. The first-order chi connectivity index (χ1) is 29.2. The highest BCUT2D eigenvalue weighted by Crippen LogP contribution is 2.70. The molecule has 0 amide bonds. The second kappa shape index (κ2) is 18.7. The Morgan fingerprint density at radius 3 is 1.58 bits per heavy atom. The number of halogens is 2. The molecule has 0 aromatic heterocycles. The summed E-state index contributed by atoms with van der Waals surface area (Å²) in [5.74, 6) is 3.96. The van der Waals surface area contributed by atoms with Crippen molar-refractivity contribution in [1.29, 1.82) is 0 Å². The lowest BCUT2D eigenvalue weighted by Gasteiger charge is -2.63. The highest BCUT2D eigenvalue weighted by Gasteiger charge is 2.66. The van der Waals surface area contributed by atoms with Crippen molar-refractivity contribution in [2.45, 2.75) is 194 Å². The van der Waals surface area contributed by atoms with Crippen molar-refractivity contribution in [1.82, 2.24) is 0 Å². The Morgan fingerprint density at radius 2 is 1.08 bits per heavy atom. The van der Waals surface area contributed by atoms with E-state index in [1.807, 2.05) is 0 Å². The van der Waals surface area contributed by atoms with Gasteiger partial charge in [0.05, 0.1) is 31.5 Å². The number of carbonyl (C=O) groups is 2. The van der Waals surface area contributed by atoms with E-state index in [-0.39, 0.29) is 64.9 Å². The summed E-state index contributed by atoms with van der Waals surface area (Å²) in [6.45, 7) is 14.2. The fraction of sp³-hybridized carbons (Fsp3) is 0.961. The summed E-state index contributed by atoms with van der Waals surface area (Å²) in [7, 11) is 3.13. The van der Waals surface area contributed by atoms with Gasteiger partial charge in [0.15, 0.2) is 0 Å². The van der Waals surface area contributed by atoms with Crippen LogP contribution in [0, 0.1) is 92.7 Å². The average Bonchev–Trinajstić information content (AvgIpc) is 3.77. The predicted octanol–water partition coefficient (Wildman–Crippen LogP) is 9.57. The summed E-state index contributed by atoms with van der Waals surface area (Å²) < 4.78 is 45.9. The van der Waals surface area contributed by atoms with E-state index in [1.54, 1.807) is 7.11 Å². The number of fused-ring (bicyclic) bond motifs is 10. The highest BCUT2D eigenvalue weighted by atomic mass is 19.1. The minimum atomic E-state index is -1.15. The number of carbonyl (C=O) groups excluding carboxylic acids is 1. The number of alkyl halides is 2. The van der Waals surface area contributed by atoms with Crippen molar-refractivity contribution in [3.63, 3.8) is 0 Å². The molecule has 8 aliphatic carbocycles. The number of ether oxygens (including phenoxy) is 3. The number of aliphatic carboxylic acids is 1. The molecule has 8 fully saturated rings. The Balaban J connectivity index is 0.000000188. The number of methoxy groups -OCH3 is 2. The molecule has 356 valence electrons. The lowest BCUT2D eigenvalue weighted by Crippen LogP contribution is -2.60. The summed E-state index contributed by atoms with van der Waals surface area (Å²) in [6, 6.07) is 0. The summed E-state index contributed by atoms with van der Waals surface area (Å²) in [5, 5.41) is 40.7. The largest absolute Gasteiger partial charge is 0.481 e. The number of aliphatic hydroxyl groups is 3. The molecule has 62 heavy (non-hydrogen) atoms. The first-order valence-corrected chi connectivity index (χ1v) is 24.9. The van der Waals surface area contributed by atoms with Gasteiger partial charge in [-0.05, 0) is 195 Å². The third kappa shape index (κ3) is 8.57. The molecule has 8 saturated carbocycles. The van der Waals surface area contributed by atoms with E-state index in [1.165, 1.54) is 20.0 Å². The maximum absolute atomic E-state index is 14.8. The van der Waals surface area contributed by atoms with Crippen molar-refractivity contribution >= 4 is 11.9 Å². The monoisotopic (exact) mass is 879 g/mol. The molecule has 0 aromatic rings. The molecule has 6 unspecified atom stereocenters. The van der Waals surface area contributed by atoms with Crippen LogP contribution in [-0.4, -0.2) is 90.1 Å². The number of rotatable bonds is 11. The molecule has 0 aromatic carbocycles. The molecule has 0 saturated heterocycles. The average molecular weight is 879 g/mol. The first-order valence-electron chi connectivity index (χ1n) is 24.9. The van der Waals surface area contributed by atoms with Gasteiger partial charge in [0, 0.05) is 20.0 Å². The molecular weight excluding hydrogens is 795 g/mol. The van der Waals surface area contributed by atoms with Crippen LogP contribution in [0.25, 0.3) is 0 Å². The van der Waals surface area contributed by atoms with Crippen LogP contribution in [0.3, 0.4) is 0 Å². The van der Waals surface area contributed by atoms with E-state index in [0.717, 1.165) is 57.8 Å². The van der Waals surface area contributed by atoms with Crippen LogP contribution in [-0.2, 0) is 23.8 Å². The molecule has 11 heteroatoms. The number of hydrogen-bond acceptors (Lipinski definition) is 8. The standard InChI is InChI=1S/C27H45FO5.C24H39FO4/c1-16(6-9-24(30)32-5)18-7-8-19-25-20(10-11-26(18,19)2)27(3)14-21(28)22(29)12-17(27)13-23(25)33-15-31-4;1-13(4-7-21(28)29)15-5-6-16-22-17(8-9-23(15,16)2)24(3)12-18(25)19(26)10-14(24)11-20(22)27/h16-23,25,29H,6-15H2,1-5H3;13-20,22,26-27H,4-12H2,1-3H3,(H,28,29)/t16-,17+,18-,19?,20?,21+,22-,23-,25?,26-,27+;13-,14+,15-,16?,17?,18+,19-,20-,22?,23-,24+/m11/s1. The maximum atomic E-state index is 14.8. The third-order valence-electron chi connectivity index (χ3n) is 21.1. The Labute approximate surface area is 371 Å². The summed E-state index contributed by atoms with van der Waals surface area (Å²) >= 11 is 0. The second-order valence-corrected chi connectivity index (χ2v) is 23.6. The van der Waals surface area contributed by atoms with E-state index in [9.17, 15) is 33.7 Å². The molecule has 0 aliphatic heterocycles. The van der Waals surface area contributed by atoms with Gasteiger partial charge in [0.2, 0.25) is 0 Å². The van der Waals surface area contributed by atoms with E-state index in [2.05, 4.69) is 41.5 Å². The Kier molecular flexibility index (Phi) is 14.6. The second-order valence-electron chi connectivity index (χ2n) is 23.6. The SMILES string of the molecule is COCO[C@@H]1C[C@@H]2C[C@@H](O)[C@@H](F)C[C@]2(C)C2CC[C@@]3(C)C(CC[C@@H]3[C@H](C)CCC(=O)OC)C21.C[C@H](CCC(=O)O)[C@H]1CCC2C3C(CC[C@@]21C)[C@@]1(C)C[C@H](F)[C@H](O)C[C@H]1C[C@H]3O. The number of carboxylic acids is 1. The number of esters is 1. The van der Waals surface area contributed by atoms with Gasteiger partial charge < -0.3 is 34.6 Å². The fourth-order valence-corrected chi connectivity index (χ4v) is 17.9. The topological polar surface area (TPSA) is 143 Å². The number of hydrogen-bond donors (Lipinski definition) is 4. The van der Waals surface area contributed by atoms with Crippen LogP contribution in [0.1, 0.15) is 157 Å². The van der Waals surface area contributed by atoms with Gasteiger partial charge in [0.1, 0.15) is 19.1 Å². The zero-order chi connectivity index (χ0) is 45.1. The van der Waals surface area contributed by atoms with E-state index < -0.39 is 30.5 Å². The van der Waals surface area contributed by atoms with E-state index in [4.69, 9.17) is 19.3 Å². The van der Waals surface area contributed by atoms with Crippen LogP contribution in [0.5, 0.6) is 0 Å². The normalized spacial score (nSPS) is 50.2. The molecule has 9 nitrogen and oxygen atoms in total. The third-order valence-corrected chi connectivity index (χ3v) is 21.1. The zero-order valence-electron chi connectivity index (χ0n) is 39.4. The van der Waals surface area contributed by atoms with Crippen molar-refractivity contribution < 1.29 is 53.0 Å². The Morgan fingerprint density at radius 1 is 0.629 bits per heavy atom. The van der Waals surface area contributed by atoms with Crippen LogP contribution in [0.15, 0.2) is 0 Å². The fourth-order valence-electron chi connectivity index (χ4n) is 17.9. The minimum absolute atomic E-state index is 0.0772. The summed E-state index contributed by atoms with van der Waals surface area (Å²) in [4.78, 5) is 22.8. The van der Waals surface area contributed by atoms with Crippen LogP contribution in [0.2, 0.25) is 0 Å². The molecule has 4 N–H and O–H groups in total. The van der Waals surface area contributed by atoms with Crippen LogP contribution >= 0.6 is 0 Å². The van der Waals surface area contributed by atoms with Crippen molar-refractivity contribution in [2.75, 3.05) is 21.0 Å². The quantitative estimate of drug-likeness (QED) is 0.118. The van der Waals surface area contributed by atoms with E-state index in [0.29, 0.717) is 97.7 Å². The molecule has 0 heterocycles. The molecular formula is C51H84F2O9. The van der Waals surface area contributed by atoms with Crippen molar-refractivity contribution in [2.24, 2.45) is 92.7 Å². The smallest absolute Gasteiger partial charge is 0.305 e. The number of carboxylic acid groups (broad SMARTS) is 1. The Hall–Kier alpha value is -1.40. The maximum Gasteiger partial charge on any atom is 0.305 e. The summed E-state index contributed by atoms with van der Waals surface area (Å²) in [6.07, 6.45) is 10.5. The van der Waals surface area contributed by atoms with Gasteiger partial charge in [0.25, 0.3) is 0 Å². The lowest BCUT2D eigenvalue weighted by atomic mass is 9.43. The van der Waals surface area contributed by atoms with Gasteiger partial charge in [-0.3, -0.25) is 9.59 Å². The van der Waals surface area contributed by atoms with Gasteiger partial charge in [-0.2, -0.15) is 0 Å². The Bertz CT molecular complexity index is 1570. The highest BCUT2D eigenvalue weighted by molar-refractivity contribution is 5.69. The molecule has 0 spiro atoms. The van der Waals surface area contributed by atoms with Gasteiger partial charge in [-0.25, -0.2) is 8.78 Å². The molecule has 8 aliphatic rings. The van der Waals surface area contributed by atoms with Crippen LogP contribution < -0.4 is 0 Å². The van der Waals surface area contributed by atoms with E-state index >= 15 is 0 Å². The number of aliphatic hydroxyl groups excluding tert-OH is 3.